The molecular weight excluding hydrogens is 270 g/mol. The number of amides is 1. The molecule has 5 nitrogen and oxygen atoms in total. The number of ether oxygens (including phenoxy) is 1. The lowest BCUT2D eigenvalue weighted by Crippen LogP contribution is -2.39. The molecule has 1 atom stereocenters. The molecule has 0 aromatic heterocycles. The maximum absolute atomic E-state index is 12.2. The molecule has 1 amide bonds. The summed E-state index contributed by atoms with van der Waals surface area (Å²) in [6.45, 7) is 2.23. The number of benzene rings is 1. The Labute approximate surface area is 115 Å². The smallest absolute Gasteiger partial charge is 0.339 e. The number of carbonyl (C=O) groups is 2. The lowest BCUT2D eigenvalue weighted by Gasteiger charge is -2.22. The van der Waals surface area contributed by atoms with E-state index in [1.54, 1.807) is 13.0 Å². The van der Waals surface area contributed by atoms with Crippen molar-refractivity contribution in [3.8, 4) is 0 Å². The van der Waals surface area contributed by atoms with E-state index in [9.17, 15) is 9.59 Å². The van der Waals surface area contributed by atoms with Crippen molar-refractivity contribution in [1.82, 2.24) is 0 Å². The van der Waals surface area contributed by atoms with Crippen LogP contribution in [0.5, 0.6) is 0 Å². The molecule has 2 N–H and O–H groups in total. The van der Waals surface area contributed by atoms with Crippen LogP contribution in [0.15, 0.2) is 18.2 Å². The fourth-order valence-corrected chi connectivity index (χ4v) is 2.31. The fraction of sp³-hybridized carbons (Fsp3) is 0.385. The van der Waals surface area contributed by atoms with Crippen molar-refractivity contribution in [1.29, 1.82) is 0 Å². The van der Waals surface area contributed by atoms with Crippen LogP contribution in [0.1, 0.15) is 30.1 Å². The van der Waals surface area contributed by atoms with Crippen LogP contribution >= 0.6 is 11.6 Å². The molecule has 1 aliphatic heterocycles. The standard InChI is InChI=1S/C13H14ClNO4/c1-13(6-3-7-19-13)12(18)15-9-5-2-4-8(14)10(9)11(16)17/h2,4-5H,3,6-7H2,1H3,(H,15,18)(H,16,17). The fourth-order valence-electron chi connectivity index (χ4n) is 2.06. The van der Waals surface area contributed by atoms with Crippen molar-refractivity contribution in [2.45, 2.75) is 25.4 Å². The molecule has 1 fully saturated rings. The van der Waals surface area contributed by atoms with E-state index in [1.807, 2.05) is 0 Å². The van der Waals surface area contributed by atoms with E-state index in [1.165, 1.54) is 12.1 Å². The van der Waals surface area contributed by atoms with E-state index in [0.717, 1.165) is 6.42 Å². The Balaban J connectivity index is 2.26. The van der Waals surface area contributed by atoms with Gasteiger partial charge in [-0.3, -0.25) is 4.79 Å². The summed E-state index contributed by atoms with van der Waals surface area (Å²) < 4.78 is 5.41. The normalized spacial score (nSPS) is 22.2. The molecule has 1 unspecified atom stereocenters. The van der Waals surface area contributed by atoms with Crippen LogP contribution in [0.2, 0.25) is 5.02 Å². The first kappa shape index (κ1) is 13.8. The SMILES string of the molecule is CC1(C(=O)Nc2cccc(Cl)c2C(=O)O)CCCO1. The number of rotatable bonds is 3. The van der Waals surface area contributed by atoms with Crippen molar-refractivity contribution in [3.05, 3.63) is 28.8 Å². The lowest BCUT2D eigenvalue weighted by molar-refractivity contribution is -0.133. The average molecular weight is 284 g/mol. The summed E-state index contributed by atoms with van der Waals surface area (Å²) in [7, 11) is 0. The van der Waals surface area contributed by atoms with Crippen molar-refractivity contribution in [2.75, 3.05) is 11.9 Å². The van der Waals surface area contributed by atoms with Gasteiger partial charge in [0.15, 0.2) is 0 Å². The van der Waals surface area contributed by atoms with Gasteiger partial charge in [-0.25, -0.2) is 4.79 Å². The molecule has 0 saturated carbocycles. The van der Waals surface area contributed by atoms with Gasteiger partial charge in [-0.15, -0.1) is 0 Å². The number of aromatic carboxylic acids is 1. The summed E-state index contributed by atoms with van der Waals surface area (Å²) in [5, 5.41) is 11.8. The van der Waals surface area contributed by atoms with Crippen molar-refractivity contribution >= 4 is 29.2 Å². The third-order valence-corrected chi connectivity index (χ3v) is 3.49. The van der Waals surface area contributed by atoms with E-state index in [4.69, 9.17) is 21.4 Å². The Morgan fingerprint density at radius 1 is 1.47 bits per heavy atom. The van der Waals surface area contributed by atoms with Crippen LogP contribution in [0.25, 0.3) is 0 Å². The maximum atomic E-state index is 12.2. The van der Waals surface area contributed by atoms with Gasteiger partial charge >= 0.3 is 5.97 Å². The largest absolute Gasteiger partial charge is 0.478 e. The van der Waals surface area contributed by atoms with Crippen LogP contribution < -0.4 is 5.32 Å². The van der Waals surface area contributed by atoms with Crippen molar-refractivity contribution < 1.29 is 19.4 Å². The molecule has 1 aromatic carbocycles. The second-order valence-corrected chi connectivity index (χ2v) is 5.01. The number of nitrogens with one attached hydrogen (secondary N) is 1. The Bertz CT molecular complexity index is 523. The van der Waals surface area contributed by atoms with Gasteiger partial charge in [0.25, 0.3) is 5.91 Å². The summed E-state index contributed by atoms with van der Waals surface area (Å²) in [6.07, 6.45) is 1.42. The molecule has 2 rings (SSSR count). The van der Waals surface area contributed by atoms with E-state index >= 15 is 0 Å². The Morgan fingerprint density at radius 3 is 2.79 bits per heavy atom. The predicted octanol–water partition coefficient (Wildman–Crippen LogP) is 2.55. The number of carboxylic acids is 1. The van der Waals surface area contributed by atoms with E-state index in [2.05, 4.69) is 5.32 Å². The predicted molar refractivity (Wildman–Crippen MR) is 70.6 cm³/mol. The van der Waals surface area contributed by atoms with Gasteiger partial charge in [-0.2, -0.15) is 0 Å². The molecule has 1 aliphatic rings. The molecule has 0 spiro atoms. The zero-order valence-corrected chi connectivity index (χ0v) is 11.2. The second kappa shape index (κ2) is 5.19. The first-order valence-electron chi connectivity index (χ1n) is 5.91. The average Bonchev–Trinajstić information content (AvgIpc) is 2.77. The molecular formula is C13H14ClNO4. The molecule has 0 radical (unpaired) electrons. The summed E-state index contributed by atoms with van der Waals surface area (Å²) in [5.41, 5.74) is -0.834. The minimum Gasteiger partial charge on any atom is -0.478 e. The third kappa shape index (κ3) is 2.72. The quantitative estimate of drug-likeness (QED) is 0.894. The Hall–Kier alpha value is -1.59. The first-order chi connectivity index (χ1) is 8.94. The minimum absolute atomic E-state index is 0.0859. The van der Waals surface area contributed by atoms with E-state index < -0.39 is 11.6 Å². The van der Waals surface area contributed by atoms with Gasteiger partial charge < -0.3 is 15.2 Å². The van der Waals surface area contributed by atoms with E-state index in [-0.39, 0.29) is 22.2 Å². The number of carboxylic acid groups (broad SMARTS) is 1. The lowest BCUT2D eigenvalue weighted by atomic mass is 10.0. The van der Waals surface area contributed by atoms with Gasteiger partial charge in [0.1, 0.15) is 11.2 Å². The van der Waals surface area contributed by atoms with Crippen LogP contribution in [0.4, 0.5) is 5.69 Å². The minimum atomic E-state index is -1.18. The zero-order valence-electron chi connectivity index (χ0n) is 10.4. The summed E-state index contributed by atoms with van der Waals surface area (Å²) in [6, 6.07) is 4.56. The van der Waals surface area contributed by atoms with Gasteiger partial charge in [-0.1, -0.05) is 17.7 Å². The zero-order chi connectivity index (χ0) is 14.0. The van der Waals surface area contributed by atoms with Crippen molar-refractivity contribution in [3.63, 3.8) is 0 Å². The van der Waals surface area contributed by atoms with E-state index in [0.29, 0.717) is 13.0 Å². The Morgan fingerprint density at radius 2 is 2.21 bits per heavy atom. The van der Waals surface area contributed by atoms with Gasteiger partial charge in [-0.05, 0) is 31.9 Å². The highest BCUT2D eigenvalue weighted by Crippen LogP contribution is 2.29. The molecule has 0 bridgehead atoms. The topological polar surface area (TPSA) is 75.6 Å². The van der Waals surface area contributed by atoms with Gasteiger partial charge in [0.2, 0.25) is 0 Å². The molecule has 6 heteroatoms. The first-order valence-corrected chi connectivity index (χ1v) is 6.29. The number of anilines is 1. The van der Waals surface area contributed by atoms with Gasteiger partial charge in [0, 0.05) is 6.61 Å². The Kier molecular flexibility index (Phi) is 3.78. The monoisotopic (exact) mass is 283 g/mol. The second-order valence-electron chi connectivity index (χ2n) is 4.60. The summed E-state index contributed by atoms with van der Waals surface area (Å²) >= 11 is 5.84. The number of hydrogen-bond donors (Lipinski definition) is 2. The number of carbonyl (C=O) groups excluding carboxylic acids is 1. The van der Waals surface area contributed by atoms with Gasteiger partial charge in [0.05, 0.1) is 10.7 Å². The van der Waals surface area contributed by atoms with Crippen LogP contribution in [-0.2, 0) is 9.53 Å². The molecule has 19 heavy (non-hydrogen) atoms. The van der Waals surface area contributed by atoms with Crippen LogP contribution in [-0.4, -0.2) is 29.2 Å². The highest BCUT2D eigenvalue weighted by atomic mass is 35.5. The summed E-state index contributed by atoms with van der Waals surface area (Å²) in [5.74, 6) is -1.53. The molecule has 1 saturated heterocycles. The van der Waals surface area contributed by atoms with Crippen LogP contribution in [0.3, 0.4) is 0 Å². The maximum Gasteiger partial charge on any atom is 0.339 e. The van der Waals surface area contributed by atoms with Crippen LogP contribution in [0, 0.1) is 0 Å². The highest BCUT2D eigenvalue weighted by Gasteiger charge is 2.38. The highest BCUT2D eigenvalue weighted by molar-refractivity contribution is 6.34. The molecule has 0 aliphatic carbocycles. The van der Waals surface area contributed by atoms with Crippen molar-refractivity contribution in [2.24, 2.45) is 0 Å². The third-order valence-electron chi connectivity index (χ3n) is 3.17. The number of halogens is 1. The molecule has 1 aromatic rings. The number of hydrogen-bond acceptors (Lipinski definition) is 3. The summed E-state index contributed by atoms with van der Waals surface area (Å²) in [4.78, 5) is 23.3. The molecule has 1 heterocycles. The molecule has 102 valence electrons.